The minimum atomic E-state index is -3.18. The number of nitrogens with zero attached hydrogens (tertiary/aromatic N) is 2. The zero-order valence-electron chi connectivity index (χ0n) is 14.1. The summed E-state index contributed by atoms with van der Waals surface area (Å²) in [6, 6.07) is 4.76. The molecule has 1 heterocycles. The summed E-state index contributed by atoms with van der Waals surface area (Å²) in [5, 5.41) is 2.82. The van der Waals surface area contributed by atoms with Crippen LogP contribution in [0.5, 0.6) is 0 Å². The molecule has 1 amide bonds. The monoisotopic (exact) mass is 357 g/mol. The van der Waals surface area contributed by atoms with Gasteiger partial charge in [0.25, 0.3) is 0 Å². The van der Waals surface area contributed by atoms with Crippen LogP contribution in [0.1, 0.15) is 17.5 Å². The largest absolute Gasteiger partial charge is 0.351 e. The van der Waals surface area contributed by atoms with E-state index in [4.69, 9.17) is 0 Å². The van der Waals surface area contributed by atoms with Crippen molar-refractivity contribution in [1.29, 1.82) is 0 Å². The fourth-order valence-corrected chi connectivity index (χ4v) is 3.59. The molecule has 2 rings (SSSR count). The van der Waals surface area contributed by atoms with Gasteiger partial charge < -0.3 is 5.32 Å². The van der Waals surface area contributed by atoms with E-state index in [9.17, 15) is 17.6 Å². The molecule has 6 nitrogen and oxygen atoms in total. The molecule has 1 fully saturated rings. The summed E-state index contributed by atoms with van der Waals surface area (Å²) in [6.07, 6.45) is 1.91. The Bertz CT molecular complexity index is 694. The molecule has 1 saturated heterocycles. The number of carbonyl (C=O) groups excluding carboxylic acids is 1. The molecule has 8 heteroatoms. The summed E-state index contributed by atoms with van der Waals surface area (Å²) >= 11 is 0. The number of carbonyl (C=O) groups is 1. The van der Waals surface area contributed by atoms with Crippen molar-refractivity contribution in [3.8, 4) is 0 Å². The average Bonchev–Trinajstić information content (AvgIpc) is 2.74. The van der Waals surface area contributed by atoms with Crippen molar-refractivity contribution in [2.45, 2.75) is 19.9 Å². The number of sulfonamides is 1. The van der Waals surface area contributed by atoms with E-state index in [0.717, 1.165) is 5.56 Å². The normalized spacial score (nSPS) is 17.5. The topological polar surface area (TPSA) is 69.7 Å². The zero-order valence-corrected chi connectivity index (χ0v) is 14.9. The van der Waals surface area contributed by atoms with Crippen LogP contribution in [0.15, 0.2) is 18.2 Å². The van der Waals surface area contributed by atoms with Crippen LogP contribution in [0, 0.1) is 12.7 Å². The molecular formula is C16H24FN3O3S. The van der Waals surface area contributed by atoms with Gasteiger partial charge in [-0.1, -0.05) is 12.1 Å². The predicted octanol–water partition coefficient (Wildman–Crippen LogP) is 0.718. The third-order valence-corrected chi connectivity index (χ3v) is 5.40. The van der Waals surface area contributed by atoms with Crippen molar-refractivity contribution < 1.29 is 17.6 Å². The Kier molecular flexibility index (Phi) is 6.31. The Labute approximate surface area is 142 Å². The first kappa shape index (κ1) is 18.8. The van der Waals surface area contributed by atoms with Gasteiger partial charge in [-0.15, -0.1) is 0 Å². The molecule has 1 aromatic carbocycles. The summed E-state index contributed by atoms with van der Waals surface area (Å²) in [6.45, 7) is 4.40. The molecule has 0 bridgehead atoms. The van der Waals surface area contributed by atoms with Crippen molar-refractivity contribution in [3.05, 3.63) is 35.1 Å². The summed E-state index contributed by atoms with van der Waals surface area (Å²) in [7, 11) is -3.18. The van der Waals surface area contributed by atoms with Crippen LogP contribution in [-0.2, 0) is 21.4 Å². The minimum absolute atomic E-state index is 0.121. The van der Waals surface area contributed by atoms with Crippen LogP contribution >= 0.6 is 0 Å². The van der Waals surface area contributed by atoms with E-state index in [1.165, 1.54) is 16.6 Å². The molecule has 0 spiro atoms. The molecular weight excluding hydrogens is 333 g/mol. The molecule has 0 unspecified atom stereocenters. The van der Waals surface area contributed by atoms with E-state index in [1.54, 1.807) is 19.1 Å². The highest BCUT2D eigenvalue weighted by Gasteiger charge is 2.22. The van der Waals surface area contributed by atoms with Crippen LogP contribution in [0.25, 0.3) is 0 Å². The third kappa shape index (κ3) is 5.54. The summed E-state index contributed by atoms with van der Waals surface area (Å²) in [5.74, 6) is -0.380. The lowest BCUT2D eigenvalue weighted by Crippen LogP contribution is -2.39. The molecule has 0 saturated carbocycles. The van der Waals surface area contributed by atoms with E-state index in [0.29, 0.717) is 44.7 Å². The number of hydrogen-bond acceptors (Lipinski definition) is 4. The van der Waals surface area contributed by atoms with Crippen molar-refractivity contribution in [1.82, 2.24) is 14.5 Å². The lowest BCUT2D eigenvalue weighted by Gasteiger charge is -2.20. The van der Waals surface area contributed by atoms with E-state index in [2.05, 4.69) is 5.32 Å². The lowest BCUT2D eigenvalue weighted by molar-refractivity contribution is -0.122. The first-order valence-corrected chi connectivity index (χ1v) is 9.80. The van der Waals surface area contributed by atoms with Gasteiger partial charge in [-0.05, 0) is 37.1 Å². The van der Waals surface area contributed by atoms with Gasteiger partial charge in [-0.25, -0.2) is 17.1 Å². The van der Waals surface area contributed by atoms with Crippen molar-refractivity contribution >= 4 is 15.9 Å². The number of rotatable bonds is 5. The van der Waals surface area contributed by atoms with Gasteiger partial charge >= 0.3 is 0 Å². The Morgan fingerprint density at radius 3 is 2.67 bits per heavy atom. The minimum Gasteiger partial charge on any atom is -0.351 e. The fourth-order valence-electron chi connectivity index (χ4n) is 2.71. The average molecular weight is 357 g/mol. The number of aryl methyl sites for hydroxylation is 1. The Balaban J connectivity index is 1.81. The Morgan fingerprint density at radius 2 is 2.00 bits per heavy atom. The number of benzene rings is 1. The maximum absolute atomic E-state index is 13.2. The van der Waals surface area contributed by atoms with Crippen LogP contribution < -0.4 is 5.32 Å². The lowest BCUT2D eigenvalue weighted by atomic mass is 10.1. The van der Waals surface area contributed by atoms with Crippen LogP contribution in [0.4, 0.5) is 4.39 Å². The Morgan fingerprint density at radius 1 is 1.25 bits per heavy atom. The second-order valence-electron chi connectivity index (χ2n) is 6.15. The highest BCUT2D eigenvalue weighted by atomic mass is 32.2. The van der Waals surface area contributed by atoms with Crippen LogP contribution in [0.3, 0.4) is 0 Å². The van der Waals surface area contributed by atoms with E-state index in [-0.39, 0.29) is 18.3 Å². The van der Waals surface area contributed by atoms with Gasteiger partial charge in [0.2, 0.25) is 15.9 Å². The first-order valence-electron chi connectivity index (χ1n) is 7.95. The molecule has 1 N–H and O–H groups in total. The number of amides is 1. The van der Waals surface area contributed by atoms with E-state index >= 15 is 0 Å². The smallest absolute Gasteiger partial charge is 0.234 e. The second kappa shape index (κ2) is 8.04. The standard InChI is InChI=1S/C16H24FN3O3S/c1-13-10-14(4-5-15(13)17)11-18-16(21)12-19-6-3-7-20(9-8-19)24(2,22)23/h4-5,10H,3,6-9,11-12H2,1-2H3,(H,18,21). The summed E-state index contributed by atoms with van der Waals surface area (Å²) in [4.78, 5) is 14.0. The summed E-state index contributed by atoms with van der Waals surface area (Å²) in [5.41, 5.74) is 1.40. The molecule has 0 radical (unpaired) electrons. The van der Waals surface area contributed by atoms with Gasteiger partial charge in [0, 0.05) is 26.2 Å². The van der Waals surface area contributed by atoms with Gasteiger partial charge in [0.05, 0.1) is 12.8 Å². The van der Waals surface area contributed by atoms with Gasteiger partial charge in [-0.3, -0.25) is 9.69 Å². The quantitative estimate of drug-likeness (QED) is 0.843. The van der Waals surface area contributed by atoms with Crippen molar-refractivity contribution in [3.63, 3.8) is 0 Å². The molecule has 1 aliphatic heterocycles. The highest BCUT2D eigenvalue weighted by Crippen LogP contribution is 2.09. The van der Waals surface area contributed by atoms with Crippen LogP contribution in [-0.4, -0.2) is 62.5 Å². The van der Waals surface area contributed by atoms with Gasteiger partial charge in [0.1, 0.15) is 5.82 Å². The van der Waals surface area contributed by atoms with Crippen LogP contribution in [0.2, 0.25) is 0 Å². The van der Waals surface area contributed by atoms with E-state index < -0.39 is 10.0 Å². The predicted molar refractivity (Wildman–Crippen MR) is 90.5 cm³/mol. The van der Waals surface area contributed by atoms with Gasteiger partial charge in [0.15, 0.2) is 0 Å². The number of halogens is 1. The molecule has 0 atom stereocenters. The number of nitrogens with one attached hydrogen (secondary N) is 1. The molecule has 0 aliphatic carbocycles. The van der Waals surface area contributed by atoms with Gasteiger partial charge in [-0.2, -0.15) is 0 Å². The van der Waals surface area contributed by atoms with Crippen molar-refractivity contribution in [2.24, 2.45) is 0 Å². The van der Waals surface area contributed by atoms with E-state index in [1.807, 2.05) is 4.90 Å². The maximum Gasteiger partial charge on any atom is 0.234 e. The molecule has 0 aromatic heterocycles. The van der Waals surface area contributed by atoms with Crippen molar-refractivity contribution in [2.75, 3.05) is 39.0 Å². The SMILES string of the molecule is Cc1cc(CNC(=O)CN2CCCN(S(C)(=O)=O)CC2)ccc1F. The Hall–Kier alpha value is -1.51. The zero-order chi connectivity index (χ0) is 17.7. The first-order chi connectivity index (χ1) is 11.3. The molecule has 1 aliphatic rings. The molecule has 24 heavy (non-hydrogen) atoms. The molecule has 1 aromatic rings. The molecule has 134 valence electrons. The second-order valence-corrected chi connectivity index (χ2v) is 8.13. The number of hydrogen-bond donors (Lipinski definition) is 1. The fraction of sp³-hybridized carbons (Fsp3) is 0.562. The third-order valence-electron chi connectivity index (χ3n) is 4.10. The highest BCUT2D eigenvalue weighted by molar-refractivity contribution is 7.88. The maximum atomic E-state index is 13.2. The summed E-state index contributed by atoms with van der Waals surface area (Å²) < 4.78 is 37.8.